The summed E-state index contributed by atoms with van der Waals surface area (Å²) in [5, 5.41) is 4.09. The molecule has 1 heterocycles. The second kappa shape index (κ2) is 4.75. The van der Waals surface area contributed by atoms with E-state index in [0.29, 0.717) is 5.02 Å². The summed E-state index contributed by atoms with van der Waals surface area (Å²) in [6, 6.07) is 4.17. The summed E-state index contributed by atoms with van der Waals surface area (Å²) in [4.78, 5) is 0. The molecule has 96 valence electrons. The molecule has 8 heteroatoms. The molecule has 2 nitrogen and oxygen atoms in total. The van der Waals surface area contributed by atoms with Crippen molar-refractivity contribution in [2.24, 2.45) is 0 Å². The van der Waals surface area contributed by atoms with Crippen LogP contribution in [0, 0.1) is 0 Å². The lowest BCUT2D eigenvalue weighted by Gasteiger charge is -2.12. The molecule has 0 spiro atoms. The topological polar surface area (TPSA) is 17.8 Å². The number of halogens is 6. The number of nitrogens with zero attached hydrogens (tertiary/aromatic N) is 2. The van der Waals surface area contributed by atoms with E-state index in [9.17, 15) is 13.2 Å². The fourth-order valence-electron chi connectivity index (χ4n) is 1.42. The molecule has 1 aromatic heterocycles. The van der Waals surface area contributed by atoms with Gasteiger partial charge in [-0.1, -0.05) is 23.2 Å². The Labute approximate surface area is 118 Å². The lowest BCUT2D eigenvalue weighted by Crippen LogP contribution is -2.14. The molecule has 0 unspecified atom stereocenters. The third-order valence-corrected chi connectivity index (χ3v) is 3.25. The van der Waals surface area contributed by atoms with Gasteiger partial charge in [0.2, 0.25) is 0 Å². The lowest BCUT2D eigenvalue weighted by molar-refractivity contribution is -0.143. The van der Waals surface area contributed by atoms with Gasteiger partial charge in [-0.15, -0.1) is 0 Å². The van der Waals surface area contributed by atoms with Gasteiger partial charge in [0.05, 0.1) is 21.4 Å². The molecule has 0 aliphatic heterocycles. The van der Waals surface area contributed by atoms with Crippen LogP contribution in [-0.4, -0.2) is 9.78 Å². The highest BCUT2D eigenvalue weighted by Crippen LogP contribution is 2.37. The van der Waals surface area contributed by atoms with Crippen LogP contribution in [0.15, 0.2) is 28.9 Å². The number of alkyl halides is 3. The van der Waals surface area contributed by atoms with Crippen molar-refractivity contribution in [3.8, 4) is 5.69 Å². The highest BCUT2D eigenvalue weighted by atomic mass is 79.9. The molecule has 0 aliphatic carbocycles. The molecule has 0 saturated heterocycles. The predicted octanol–water partition coefficient (Wildman–Crippen LogP) is 4.96. The molecule has 0 fully saturated rings. The molecular weight excluding hydrogens is 356 g/mol. The Bertz CT molecular complexity index is 595. The second-order valence-corrected chi connectivity index (χ2v) is 5.04. The van der Waals surface area contributed by atoms with Gasteiger partial charge in [0.15, 0.2) is 5.69 Å². The van der Waals surface area contributed by atoms with Crippen LogP contribution in [-0.2, 0) is 6.18 Å². The van der Waals surface area contributed by atoms with E-state index in [1.807, 2.05) is 0 Å². The third kappa shape index (κ3) is 2.50. The van der Waals surface area contributed by atoms with Gasteiger partial charge in [0.25, 0.3) is 0 Å². The fraction of sp³-hybridized carbons (Fsp3) is 0.100. The SMILES string of the molecule is FC(F)(F)c1c(Br)cnn1-c1ccc(Cl)cc1Cl. The minimum atomic E-state index is -4.54. The van der Waals surface area contributed by atoms with E-state index in [0.717, 1.165) is 10.9 Å². The highest BCUT2D eigenvalue weighted by Gasteiger charge is 2.38. The van der Waals surface area contributed by atoms with Crippen LogP contribution in [0.2, 0.25) is 10.0 Å². The van der Waals surface area contributed by atoms with Crippen molar-refractivity contribution in [2.75, 3.05) is 0 Å². The number of aromatic nitrogens is 2. The Hall–Kier alpha value is -0.720. The van der Waals surface area contributed by atoms with Gasteiger partial charge in [-0.3, -0.25) is 0 Å². The molecule has 2 aromatic rings. The van der Waals surface area contributed by atoms with Crippen molar-refractivity contribution in [1.82, 2.24) is 9.78 Å². The van der Waals surface area contributed by atoms with Crippen molar-refractivity contribution in [1.29, 1.82) is 0 Å². The minimum Gasteiger partial charge on any atom is -0.226 e. The van der Waals surface area contributed by atoms with Gasteiger partial charge >= 0.3 is 6.18 Å². The highest BCUT2D eigenvalue weighted by molar-refractivity contribution is 9.10. The van der Waals surface area contributed by atoms with E-state index in [-0.39, 0.29) is 15.2 Å². The fourth-order valence-corrected chi connectivity index (χ4v) is 2.39. The Balaban J connectivity index is 2.65. The third-order valence-electron chi connectivity index (χ3n) is 2.13. The predicted molar refractivity (Wildman–Crippen MR) is 66.3 cm³/mol. The Morgan fingerprint density at radius 2 is 1.89 bits per heavy atom. The average molecular weight is 360 g/mol. The zero-order chi connectivity index (χ0) is 13.5. The van der Waals surface area contributed by atoms with Crippen LogP contribution in [0.5, 0.6) is 0 Å². The monoisotopic (exact) mass is 358 g/mol. The van der Waals surface area contributed by atoms with Gasteiger partial charge in [-0.05, 0) is 34.1 Å². The molecule has 0 saturated carbocycles. The van der Waals surface area contributed by atoms with Crippen molar-refractivity contribution in [3.05, 3.63) is 44.6 Å². The van der Waals surface area contributed by atoms with Gasteiger partial charge in [0.1, 0.15) is 0 Å². The van der Waals surface area contributed by atoms with Crippen LogP contribution in [0.4, 0.5) is 13.2 Å². The van der Waals surface area contributed by atoms with Crippen molar-refractivity contribution >= 4 is 39.1 Å². The number of rotatable bonds is 1. The molecular formula is C10H4BrCl2F3N2. The zero-order valence-corrected chi connectivity index (χ0v) is 11.6. The van der Waals surface area contributed by atoms with Crippen LogP contribution in [0.1, 0.15) is 5.69 Å². The van der Waals surface area contributed by atoms with Crippen LogP contribution in [0.25, 0.3) is 5.69 Å². The summed E-state index contributed by atoms with van der Waals surface area (Å²) < 4.78 is 39.2. The van der Waals surface area contributed by atoms with Crippen LogP contribution >= 0.6 is 39.1 Å². The summed E-state index contributed by atoms with van der Waals surface area (Å²) in [7, 11) is 0. The molecule has 1 aromatic carbocycles. The lowest BCUT2D eigenvalue weighted by atomic mass is 10.3. The summed E-state index contributed by atoms with van der Waals surface area (Å²) >= 11 is 14.4. The maximum absolute atomic E-state index is 12.9. The first-order chi connectivity index (χ1) is 8.30. The summed E-state index contributed by atoms with van der Waals surface area (Å²) in [5.41, 5.74) is -0.814. The Morgan fingerprint density at radius 1 is 1.22 bits per heavy atom. The molecule has 0 aliphatic rings. The molecule has 0 bridgehead atoms. The average Bonchev–Trinajstić information content (AvgIpc) is 2.59. The van der Waals surface area contributed by atoms with Crippen LogP contribution in [0.3, 0.4) is 0 Å². The van der Waals surface area contributed by atoms with Crippen LogP contribution < -0.4 is 0 Å². The molecule has 18 heavy (non-hydrogen) atoms. The van der Waals surface area contributed by atoms with E-state index in [4.69, 9.17) is 23.2 Å². The number of hydrogen-bond donors (Lipinski definition) is 0. The minimum absolute atomic E-state index is 0.0867. The maximum Gasteiger partial charge on any atom is 0.434 e. The van der Waals surface area contributed by atoms with Crippen molar-refractivity contribution in [3.63, 3.8) is 0 Å². The van der Waals surface area contributed by atoms with Gasteiger partial charge in [0, 0.05) is 5.02 Å². The Kier molecular flexibility index (Phi) is 3.62. The first kappa shape index (κ1) is 13.7. The van der Waals surface area contributed by atoms with E-state index in [1.54, 1.807) is 0 Å². The van der Waals surface area contributed by atoms with E-state index in [1.165, 1.54) is 18.2 Å². The smallest absolute Gasteiger partial charge is 0.226 e. The van der Waals surface area contributed by atoms with Crippen molar-refractivity contribution < 1.29 is 13.2 Å². The molecule has 2 rings (SSSR count). The summed E-state index contributed by atoms with van der Waals surface area (Å²) in [5.74, 6) is 0. The summed E-state index contributed by atoms with van der Waals surface area (Å²) in [6.07, 6.45) is -3.48. The molecule has 0 amide bonds. The van der Waals surface area contributed by atoms with E-state index < -0.39 is 11.9 Å². The molecule has 0 radical (unpaired) electrons. The number of benzene rings is 1. The number of hydrogen-bond acceptors (Lipinski definition) is 1. The normalized spacial score (nSPS) is 11.9. The standard InChI is InChI=1S/C10H4BrCl2F3N2/c11-6-4-17-18(9(6)10(14,15)16)8-2-1-5(12)3-7(8)13/h1-4H. The molecule has 0 atom stereocenters. The zero-order valence-electron chi connectivity index (χ0n) is 8.47. The first-order valence-electron chi connectivity index (χ1n) is 4.57. The second-order valence-electron chi connectivity index (χ2n) is 3.35. The van der Waals surface area contributed by atoms with E-state index in [2.05, 4.69) is 21.0 Å². The van der Waals surface area contributed by atoms with Gasteiger partial charge in [-0.2, -0.15) is 18.3 Å². The quantitative estimate of drug-likeness (QED) is 0.703. The van der Waals surface area contributed by atoms with Gasteiger partial charge in [-0.25, -0.2) is 4.68 Å². The first-order valence-corrected chi connectivity index (χ1v) is 6.11. The van der Waals surface area contributed by atoms with Gasteiger partial charge < -0.3 is 0 Å². The Morgan fingerprint density at radius 3 is 2.44 bits per heavy atom. The summed E-state index contributed by atoms with van der Waals surface area (Å²) in [6.45, 7) is 0. The largest absolute Gasteiger partial charge is 0.434 e. The van der Waals surface area contributed by atoms with E-state index >= 15 is 0 Å². The van der Waals surface area contributed by atoms with Crippen molar-refractivity contribution in [2.45, 2.75) is 6.18 Å². The molecule has 0 N–H and O–H groups in total. The maximum atomic E-state index is 12.9.